The standard InChI is InChI=1S/C23H21ClFN5O/c1-30(2)22(31)17-16(26)4-3-13(20(17)25)14-10-28-21-18(19(14)24)23(11-29-21)9-15(23)12-5-7-27-8-6-12/h3-8,10,15H,9,11,26H2,1-2H3,(H,28,29)/t15-,23-/m1/s1. The Morgan fingerprint density at radius 1 is 1.26 bits per heavy atom. The van der Waals surface area contributed by atoms with E-state index in [4.69, 9.17) is 17.3 Å². The van der Waals surface area contributed by atoms with E-state index in [1.807, 2.05) is 12.1 Å². The smallest absolute Gasteiger partial charge is 0.258 e. The highest BCUT2D eigenvalue weighted by atomic mass is 35.5. The summed E-state index contributed by atoms with van der Waals surface area (Å²) < 4.78 is 15.5. The van der Waals surface area contributed by atoms with Crippen molar-refractivity contribution in [2.24, 2.45) is 0 Å². The minimum atomic E-state index is -0.691. The maximum absolute atomic E-state index is 15.5. The summed E-state index contributed by atoms with van der Waals surface area (Å²) in [5.41, 5.74) is 8.44. The Bertz CT molecular complexity index is 1220. The van der Waals surface area contributed by atoms with Crippen LogP contribution in [0.3, 0.4) is 0 Å². The Balaban J connectivity index is 1.62. The van der Waals surface area contributed by atoms with Gasteiger partial charge in [0, 0.05) is 67.0 Å². The molecule has 1 aromatic carbocycles. The van der Waals surface area contributed by atoms with Crippen LogP contribution in [0, 0.1) is 5.82 Å². The van der Waals surface area contributed by atoms with E-state index in [0.29, 0.717) is 16.5 Å². The van der Waals surface area contributed by atoms with Crippen LogP contribution in [-0.4, -0.2) is 41.4 Å². The van der Waals surface area contributed by atoms with Gasteiger partial charge in [0.1, 0.15) is 11.6 Å². The Morgan fingerprint density at radius 2 is 2.00 bits per heavy atom. The lowest BCUT2D eigenvalue weighted by Crippen LogP contribution is -2.24. The molecule has 3 heterocycles. The fourth-order valence-electron chi connectivity index (χ4n) is 4.64. The van der Waals surface area contributed by atoms with Gasteiger partial charge in [-0.2, -0.15) is 0 Å². The lowest BCUT2D eigenvalue weighted by molar-refractivity contribution is 0.0824. The number of rotatable bonds is 3. The van der Waals surface area contributed by atoms with Crippen LogP contribution in [0.15, 0.2) is 42.9 Å². The number of hydrogen-bond donors (Lipinski definition) is 2. The van der Waals surface area contributed by atoms with E-state index in [2.05, 4.69) is 15.3 Å². The van der Waals surface area contributed by atoms with Gasteiger partial charge in [0.25, 0.3) is 5.91 Å². The maximum Gasteiger partial charge on any atom is 0.258 e. The average Bonchev–Trinajstić information content (AvgIpc) is 3.36. The van der Waals surface area contributed by atoms with Crippen molar-refractivity contribution in [3.8, 4) is 11.1 Å². The second kappa shape index (κ2) is 6.92. The molecular weight excluding hydrogens is 417 g/mol. The van der Waals surface area contributed by atoms with Crippen LogP contribution in [0.25, 0.3) is 11.1 Å². The number of fused-ring (bicyclic) bond motifs is 2. The van der Waals surface area contributed by atoms with E-state index < -0.39 is 11.7 Å². The lowest BCUT2D eigenvalue weighted by atomic mass is 9.91. The SMILES string of the molecule is CN(C)C(=O)c1c(N)ccc(-c2cnc3c(c2Cl)[C@@]2(CN3)C[C@@H]2c2ccncc2)c1F. The summed E-state index contributed by atoms with van der Waals surface area (Å²) in [4.78, 5) is 22.4. The number of nitrogens with one attached hydrogen (secondary N) is 1. The Hall–Kier alpha value is -3.19. The molecule has 1 aliphatic carbocycles. The van der Waals surface area contributed by atoms with Gasteiger partial charge < -0.3 is 16.0 Å². The number of halogens is 2. The van der Waals surface area contributed by atoms with Crippen LogP contribution in [-0.2, 0) is 5.41 Å². The zero-order valence-electron chi connectivity index (χ0n) is 17.1. The molecule has 1 spiro atoms. The lowest BCUT2D eigenvalue weighted by Gasteiger charge is -2.17. The summed E-state index contributed by atoms with van der Waals surface area (Å²) >= 11 is 6.89. The predicted molar refractivity (Wildman–Crippen MR) is 119 cm³/mol. The predicted octanol–water partition coefficient (Wildman–Crippen LogP) is 4.07. The van der Waals surface area contributed by atoms with E-state index >= 15 is 4.39 Å². The number of amides is 1. The van der Waals surface area contributed by atoms with Gasteiger partial charge in [-0.05, 0) is 42.2 Å². The van der Waals surface area contributed by atoms with E-state index in [9.17, 15) is 4.79 Å². The van der Waals surface area contributed by atoms with E-state index in [1.165, 1.54) is 16.5 Å². The summed E-state index contributed by atoms with van der Waals surface area (Å²) in [6, 6.07) is 7.11. The molecule has 1 fully saturated rings. The van der Waals surface area contributed by atoms with Crippen molar-refractivity contribution in [1.82, 2.24) is 14.9 Å². The zero-order valence-corrected chi connectivity index (χ0v) is 17.9. The number of nitrogen functional groups attached to an aromatic ring is 1. The first-order valence-electron chi connectivity index (χ1n) is 9.98. The van der Waals surface area contributed by atoms with Crippen molar-refractivity contribution in [2.45, 2.75) is 17.8 Å². The average molecular weight is 438 g/mol. The molecule has 2 aromatic heterocycles. The molecule has 0 radical (unpaired) electrons. The number of nitrogens with two attached hydrogens (primary N) is 1. The minimum absolute atomic E-state index is 0.0864. The topological polar surface area (TPSA) is 84.1 Å². The molecule has 31 heavy (non-hydrogen) atoms. The van der Waals surface area contributed by atoms with Crippen molar-refractivity contribution in [3.05, 3.63) is 70.4 Å². The number of anilines is 2. The summed E-state index contributed by atoms with van der Waals surface area (Å²) in [5, 5.41) is 3.81. The molecule has 5 rings (SSSR count). The van der Waals surface area contributed by atoms with Gasteiger partial charge in [-0.3, -0.25) is 9.78 Å². The van der Waals surface area contributed by atoms with E-state index in [1.54, 1.807) is 38.8 Å². The first kappa shape index (κ1) is 19.8. The first-order chi connectivity index (χ1) is 14.8. The molecule has 1 aliphatic heterocycles. The van der Waals surface area contributed by atoms with Gasteiger partial charge >= 0.3 is 0 Å². The highest BCUT2D eigenvalue weighted by Crippen LogP contribution is 2.66. The van der Waals surface area contributed by atoms with Crippen molar-refractivity contribution in [3.63, 3.8) is 0 Å². The largest absolute Gasteiger partial charge is 0.398 e. The Morgan fingerprint density at radius 3 is 2.71 bits per heavy atom. The summed E-state index contributed by atoms with van der Waals surface area (Å²) in [5.74, 6) is -0.171. The second-order valence-corrected chi connectivity index (χ2v) is 8.73. The highest BCUT2D eigenvalue weighted by molar-refractivity contribution is 6.34. The van der Waals surface area contributed by atoms with Crippen LogP contribution in [0.2, 0.25) is 5.02 Å². The molecule has 0 unspecified atom stereocenters. The number of carbonyl (C=O) groups excluding carboxylic acids is 1. The number of pyridine rings is 2. The molecule has 8 heteroatoms. The van der Waals surface area contributed by atoms with Gasteiger partial charge in [-0.1, -0.05) is 11.6 Å². The number of hydrogen-bond acceptors (Lipinski definition) is 5. The molecule has 6 nitrogen and oxygen atoms in total. The number of benzene rings is 1. The monoisotopic (exact) mass is 437 g/mol. The molecule has 0 bridgehead atoms. The summed E-state index contributed by atoms with van der Waals surface area (Å²) in [6.45, 7) is 0.722. The molecule has 3 aromatic rings. The number of nitrogens with zero attached hydrogens (tertiary/aromatic N) is 3. The van der Waals surface area contributed by atoms with Crippen LogP contribution in [0.1, 0.15) is 33.8 Å². The van der Waals surface area contributed by atoms with Crippen LogP contribution in [0.4, 0.5) is 15.9 Å². The quantitative estimate of drug-likeness (QED) is 0.603. The van der Waals surface area contributed by atoms with Gasteiger partial charge in [0.15, 0.2) is 0 Å². The molecule has 2 aliphatic rings. The fraction of sp³-hybridized carbons (Fsp3) is 0.261. The third kappa shape index (κ3) is 2.87. The Labute approximate surface area is 184 Å². The van der Waals surface area contributed by atoms with E-state index in [-0.39, 0.29) is 22.2 Å². The maximum atomic E-state index is 15.5. The molecule has 0 saturated heterocycles. The first-order valence-corrected chi connectivity index (χ1v) is 10.4. The number of carbonyl (C=O) groups is 1. The van der Waals surface area contributed by atoms with Crippen molar-refractivity contribution in [2.75, 3.05) is 31.7 Å². The molecule has 1 amide bonds. The molecule has 3 N–H and O–H groups in total. The van der Waals surface area contributed by atoms with E-state index in [0.717, 1.165) is 24.3 Å². The molecular formula is C23H21ClFN5O. The van der Waals surface area contributed by atoms with Crippen molar-refractivity contribution >= 4 is 29.0 Å². The highest BCUT2D eigenvalue weighted by Gasteiger charge is 2.60. The summed E-state index contributed by atoms with van der Waals surface area (Å²) in [7, 11) is 3.11. The molecule has 158 valence electrons. The van der Waals surface area contributed by atoms with Gasteiger partial charge in [-0.25, -0.2) is 9.37 Å². The molecule has 1 saturated carbocycles. The van der Waals surface area contributed by atoms with Crippen molar-refractivity contribution < 1.29 is 9.18 Å². The van der Waals surface area contributed by atoms with Gasteiger partial charge in [-0.15, -0.1) is 0 Å². The second-order valence-electron chi connectivity index (χ2n) is 8.35. The minimum Gasteiger partial charge on any atom is -0.398 e. The fourth-order valence-corrected chi connectivity index (χ4v) is 5.07. The van der Waals surface area contributed by atoms with Crippen LogP contribution < -0.4 is 11.1 Å². The third-order valence-electron chi connectivity index (χ3n) is 6.35. The normalized spacial score (nSPS) is 21.0. The van der Waals surface area contributed by atoms with Crippen LogP contribution >= 0.6 is 11.6 Å². The van der Waals surface area contributed by atoms with Gasteiger partial charge in [0.05, 0.1) is 10.6 Å². The van der Waals surface area contributed by atoms with Crippen molar-refractivity contribution in [1.29, 1.82) is 0 Å². The Kier molecular flexibility index (Phi) is 4.41. The number of aromatic nitrogens is 2. The molecule has 2 atom stereocenters. The van der Waals surface area contributed by atoms with Crippen LogP contribution in [0.5, 0.6) is 0 Å². The van der Waals surface area contributed by atoms with Gasteiger partial charge in [0.2, 0.25) is 0 Å². The summed E-state index contributed by atoms with van der Waals surface area (Å²) in [6.07, 6.45) is 6.05. The third-order valence-corrected chi connectivity index (χ3v) is 6.75. The zero-order chi connectivity index (χ0) is 21.9.